The molecule has 1 aromatic rings. The van der Waals surface area contributed by atoms with Crippen LogP contribution >= 0.6 is 0 Å². The quantitative estimate of drug-likeness (QED) is 0.220. The second kappa shape index (κ2) is 9.80. The molecule has 0 bridgehead atoms. The summed E-state index contributed by atoms with van der Waals surface area (Å²) in [5, 5.41) is 4.49. The first kappa shape index (κ1) is 20.7. The van der Waals surface area contributed by atoms with Crippen LogP contribution in [0.25, 0.3) is 0 Å². The van der Waals surface area contributed by atoms with Gasteiger partial charge in [0.25, 0.3) is 0 Å². The van der Waals surface area contributed by atoms with E-state index in [1.54, 1.807) is 13.8 Å². The number of carbonyl (C=O) groups is 2. The van der Waals surface area contributed by atoms with Gasteiger partial charge >= 0.3 is 12.1 Å². The first-order valence-corrected chi connectivity index (χ1v) is 7.85. The maximum Gasteiger partial charge on any atom is 0.542 e. The Morgan fingerprint density at radius 1 is 1.12 bits per heavy atom. The van der Waals surface area contributed by atoms with Crippen LogP contribution in [0.3, 0.4) is 0 Å². The summed E-state index contributed by atoms with van der Waals surface area (Å²) in [6, 6.07) is 7.85. The molecule has 0 unspecified atom stereocenters. The Balaban J connectivity index is 2.34. The van der Waals surface area contributed by atoms with E-state index in [2.05, 4.69) is 39.8 Å². The molecule has 7 heteroatoms. The van der Waals surface area contributed by atoms with E-state index in [0.29, 0.717) is 5.92 Å². The summed E-state index contributed by atoms with van der Waals surface area (Å²) in [6.45, 7) is 10.7. The monoisotopic (exact) mass is 352 g/mol. The molecule has 0 aromatic heterocycles. The minimum Gasteiger partial charge on any atom is -0.459 e. The van der Waals surface area contributed by atoms with Crippen molar-refractivity contribution in [2.45, 2.75) is 39.2 Å². The number of ether oxygens (including phenoxy) is 2. The number of hydrogen-bond donors (Lipinski definition) is 0. The lowest BCUT2D eigenvalue weighted by Crippen LogP contribution is -2.23. The normalized spacial score (nSPS) is 11.1. The molecule has 1 rings (SSSR count). The van der Waals surface area contributed by atoms with Gasteiger partial charge in [0.05, 0.1) is 0 Å². The van der Waals surface area contributed by atoms with E-state index in [1.807, 2.05) is 24.3 Å². The molecule has 0 heterocycles. The van der Waals surface area contributed by atoms with Crippen LogP contribution in [0.5, 0.6) is 0 Å². The van der Waals surface area contributed by atoms with Gasteiger partial charge in [0.2, 0.25) is 0 Å². The lowest BCUT2D eigenvalue weighted by Gasteiger charge is -2.23. The van der Waals surface area contributed by atoms with Gasteiger partial charge in [0, 0.05) is 6.08 Å². The smallest absolute Gasteiger partial charge is 0.459 e. The van der Waals surface area contributed by atoms with Crippen molar-refractivity contribution >= 4 is 12.1 Å². The highest BCUT2D eigenvalue weighted by Gasteiger charge is 2.24. The minimum atomic E-state index is -1.11. The van der Waals surface area contributed by atoms with Crippen LogP contribution in [-0.2, 0) is 34.7 Å². The van der Waals surface area contributed by atoms with Crippen molar-refractivity contribution in [1.29, 1.82) is 0 Å². The van der Waals surface area contributed by atoms with Gasteiger partial charge in [0.15, 0.2) is 0 Å². The van der Waals surface area contributed by atoms with Gasteiger partial charge < -0.3 is 9.47 Å². The molecular weight excluding hydrogens is 328 g/mol. The third-order valence-electron chi connectivity index (χ3n) is 3.33. The van der Waals surface area contributed by atoms with Gasteiger partial charge in [-0.2, -0.15) is 4.89 Å². The Labute approximate surface area is 147 Å². The van der Waals surface area contributed by atoms with Crippen molar-refractivity contribution in [3.8, 4) is 0 Å². The van der Waals surface area contributed by atoms with E-state index < -0.39 is 17.7 Å². The van der Waals surface area contributed by atoms with E-state index in [-0.39, 0.29) is 13.2 Å². The van der Waals surface area contributed by atoms with Crippen molar-refractivity contribution in [2.75, 3.05) is 13.2 Å². The maximum absolute atomic E-state index is 11.3. The zero-order valence-corrected chi connectivity index (χ0v) is 14.9. The molecule has 7 nitrogen and oxygen atoms in total. The molecule has 0 atom stereocenters. The SMILES string of the molecule is C=CC(=O)OCCOC(=O)OOOC(C)(C)c1ccc(C(C)C)cc1. The van der Waals surface area contributed by atoms with Crippen LogP contribution in [0.15, 0.2) is 36.9 Å². The molecule has 0 radical (unpaired) electrons. The van der Waals surface area contributed by atoms with Crippen LogP contribution in [0.4, 0.5) is 4.79 Å². The van der Waals surface area contributed by atoms with Gasteiger partial charge in [-0.25, -0.2) is 14.5 Å². The summed E-state index contributed by atoms with van der Waals surface area (Å²) in [5.74, 6) is -0.181. The molecule has 0 amide bonds. The van der Waals surface area contributed by atoms with E-state index >= 15 is 0 Å². The number of rotatable bonds is 9. The van der Waals surface area contributed by atoms with Crippen molar-refractivity contribution in [3.63, 3.8) is 0 Å². The predicted molar refractivity (Wildman–Crippen MR) is 89.3 cm³/mol. The van der Waals surface area contributed by atoms with Crippen molar-refractivity contribution in [1.82, 2.24) is 0 Å². The molecule has 0 fully saturated rings. The summed E-state index contributed by atoms with van der Waals surface area (Å²) in [5.41, 5.74) is 1.22. The van der Waals surface area contributed by atoms with E-state index in [1.165, 1.54) is 5.56 Å². The fourth-order valence-corrected chi connectivity index (χ4v) is 1.80. The van der Waals surface area contributed by atoms with Gasteiger partial charge in [-0.3, -0.25) is 0 Å². The molecule has 0 aliphatic heterocycles. The molecule has 25 heavy (non-hydrogen) atoms. The van der Waals surface area contributed by atoms with Crippen molar-refractivity contribution < 1.29 is 33.9 Å². The molecular formula is C18H24O7. The molecule has 0 aliphatic carbocycles. The number of benzene rings is 1. The van der Waals surface area contributed by atoms with Crippen molar-refractivity contribution in [3.05, 3.63) is 48.0 Å². The lowest BCUT2D eigenvalue weighted by atomic mass is 9.94. The third kappa shape index (κ3) is 7.36. The zero-order chi connectivity index (χ0) is 18.9. The summed E-state index contributed by atoms with van der Waals surface area (Å²) in [6.07, 6.45) is -0.106. The van der Waals surface area contributed by atoms with Crippen LogP contribution in [-0.4, -0.2) is 25.3 Å². The highest BCUT2D eigenvalue weighted by molar-refractivity contribution is 5.81. The van der Waals surface area contributed by atoms with Crippen molar-refractivity contribution in [2.24, 2.45) is 0 Å². The average Bonchev–Trinajstić information content (AvgIpc) is 2.58. The molecule has 0 aliphatic rings. The van der Waals surface area contributed by atoms with Crippen LogP contribution in [0.2, 0.25) is 0 Å². The second-order valence-corrected chi connectivity index (χ2v) is 5.99. The molecule has 0 N–H and O–H groups in total. The van der Waals surface area contributed by atoms with Gasteiger partial charge in [0.1, 0.15) is 18.8 Å². The summed E-state index contributed by atoms with van der Waals surface area (Å²) >= 11 is 0. The number of carbonyl (C=O) groups excluding carboxylic acids is 2. The Morgan fingerprint density at radius 3 is 2.28 bits per heavy atom. The maximum atomic E-state index is 11.3. The topological polar surface area (TPSA) is 80.3 Å². The Kier molecular flexibility index (Phi) is 8.10. The summed E-state index contributed by atoms with van der Waals surface area (Å²) in [4.78, 5) is 31.5. The molecule has 0 spiro atoms. The van der Waals surface area contributed by atoms with Crippen LogP contribution < -0.4 is 0 Å². The Hall–Kier alpha value is -2.38. The van der Waals surface area contributed by atoms with E-state index in [4.69, 9.17) is 4.89 Å². The third-order valence-corrected chi connectivity index (χ3v) is 3.33. The fraction of sp³-hybridized carbons (Fsp3) is 0.444. The van der Waals surface area contributed by atoms with Gasteiger partial charge in [-0.15, -0.1) is 0 Å². The number of esters is 1. The Morgan fingerprint density at radius 2 is 1.72 bits per heavy atom. The standard InChI is InChI=1S/C18H24O7/c1-6-16(19)21-11-12-22-17(20)23-25-24-18(4,5)15-9-7-14(8-10-15)13(2)3/h6-10,13H,1,11-12H2,2-5H3. The van der Waals surface area contributed by atoms with E-state index in [9.17, 15) is 9.59 Å². The molecule has 0 saturated heterocycles. The molecule has 138 valence electrons. The molecule has 1 aromatic carbocycles. The number of hydrogen-bond acceptors (Lipinski definition) is 7. The van der Waals surface area contributed by atoms with Crippen LogP contribution in [0, 0.1) is 0 Å². The van der Waals surface area contributed by atoms with Gasteiger partial charge in [-0.05, 0) is 35.9 Å². The molecule has 0 saturated carbocycles. The summed E-state index contributed by atoms with van der Waals surface area (Å²) < 4.78 is 9.24. The first-order chi connectivity index (χ1) is 11.8. The second-order valence-electron chi connectivity index (χ2n) is 5.99. The lowest BCUT2D eigenvalue weighted by molar-refractivity contribution is -0.520. The summed E-state index contributed by atoms with van der Waals surface area (Å²) in [7, 11) is 0. The zero-order valence-electron chi connectivity index (χ0n) is 14.9. The largest absolute Gasteiger partial charge is 0.542 e. The minimum absolute atomic E-state index is 0.117. The highest BCUT2D eigenvalue weighted by atomic mass is 17.5. The fourth-order valence-electron chi connectivity index (χ4n) is 1.80. The predicted octanol–water partition coefficient (Wildman–Crippen LogP) is 3.79. The van der Waals surface area contributed by atoms with Crippen LogP contribution in [0.1, 0.15) is 44.7 Å². The first-order valence-electron chi connectivity index (χ1n) is 7.85. The average molecular weight is 352 g/mol. The Bertz CT molecular complexity index is 576. The van der Waals surface area contributed by atoms with E-state index in [0.717, 1.165) is 11.6 Å². The highest BCUT2D eigenvalue weighted by Crippen LogP contribution is 2.26. The van der Waals surface area contributed by atoms with Gasteiger partial charge in [-0.1, -0.05) is 44.7 Å².